The van der Waals surface area contributed by atoms with E-state index in [9.17, 15) is 5.02 Å². The Hall–Kier alpha value is -1.82. The van der Waals surface area contributed by atoms with Crippen molar-refractivity contribution in [3.63, 3.8) is 0 Å². The van der Waals surface area contributed by atoms with E-state index >= 15 is 0 Å². The van der Waals surface area contributed by atoms with Gasteiger partial charge in [0.05, 0.1) is 5.71 Å². The summed E-state index contributed by atoms with van der Waals surface area (Å²) in [6, 6.07) is 2.05. The lowest BCUT2D eigenvalue weighted by atomic mass is 9.67. The number of nitrogens with zero attached hydrogens (tertiary/aromatic N) is 3. The maximum Gasteiger partial charge on any atom is 0.468 e. The minimum atomic E-state index is -0.695. The first-order chi connectivity index (χ1) is 10.8. The Labute approximate surface area is 130 Å². The second-order valence-corrected chi connectivity index (χ2v) is 6.28. The Balaban J connectivity index is 1.90. The molecule has 0 amide bonds. The molecule has 6 heteroatoms. The number of nitrogens with one attached hydrogen (secondary N) is 1. The highest BCUT2D eigenvalue weighted by molar-refractivity contribution is 6.66. The number of pyridine rings is 1. The third-order valence-corrected chi connectivity index (χ3v) is 4.98. The largest absolute Gasteiger partial charge is 0.468 e. The van der Waals surface area contributed by atoms with Gasteiger partial charge in [-0.2, -0.15) is 5.10 Å². The standard InChI is InChI=1S/C16H21BN4O/c1-2-21-17(22)13-10-19-16-12(8-9-18-16)14(13)15(20-21)11-6-4-3-5-7-11/h8-11,22H,2-7H2,1H3,(H,18,19). The molecule has 2 aromatic heterocycles. The fraction of sp³-hybridized carbons (Fsp3) is 0.500. The number of hydrazone groups is 1. The fourth-order valence-corrected chi connectivity index (χ4v) is 3.81. The lowest BCUT2D eigenvalue weighted by molar-refractivity contribution is 0.386. The number of rotatable bonds is 2. The van der Waals surface area contributed by atoms with E-state index in [1.807, 2.05) is 19.2 Å². The molecule has 1 aliphatic carbocycles. The Kier molecular flexibility index (Phi) is 3.41. The maximum atomic E-state index is 10.6. The summed E-state index contributed by atoms with van der Waals surface area (Å²) in [4.78, 5) is 9.41. The maximum absolute atomic E-state index is 10.6. The molecule has 0 atom stereocenters. The average molecular weight is 296 g/mol. The van der Waals surface area contributed by atoms with Crippen LogP contribution in [0, 0.1) is 5.92 Å². The molecule has 1 aliphatic heterocycles. The third kappa shape index (κ3) is 2.05. The fourth-order valence-electron chi connectivity index (χ4n) is 3.81. The second-order valence-electron chi connectivity index (χ2n) is 6.28. The quantitative estimate of drug-likeness (QED) is 0.832. The van der Waals surface area contributed by atoms with Crippen LogP contribution in [0.4, 0.5) is 0 Å². The topological polar surface area (TPSA) is 64.5 Å². The summed E-state index contributed by atoms with van der Waals surface area (Å²) in [5.41, 5.74) is 4.02. The van der Waals surface area contributed by atoms with Gasteiger partial charge in [0.25, 0.3) is 0 Å². The van der Waals surface area contributed by atoms with Crippen molar-refractivity contribution in [3.05, 3.63) is 24.0 Å². The minimum absolute atomic E-state index is 0.495. The first-order valence-corrected chi connectivity index (χ1v) is 8.29. The molecule has 1 saturated carbocycles. The number of H-pyrrole nitrogens is 1. The van der Waals surface area contributed by atoms with Crippen LogP contribution in [0.15, 0.2) is 23.6 Å². The van der Waals surface area contributed by atoms with Crippen molar-refractivity contribution >= 4 is 29.3 Å². The van der Waals surface area contributed by atoms with Gasteiger partial charge in [0, 0.05) is 41.3 Å². The van der Waals surface area contributed by atoms with E-state index in [4.69, 9.17) is 5.10 Å². The highest BCUT2D eigenvalue weighted by Crippen LogP contribution is 2.31. The first kappa shape index (κ1) is 13.8. The van der Waals surface area contributed by atoms with Gasteiger partial charge in [0.15, 0.2) is 0 Å². The van der Waals surface area contributed by atoms with Gasteiger partial charge in [-0.25, -0.2) is 4.98 Å². The minimum Gasteiger partial charge on any atom is -0.428 e. The van der Waals surface area contributed by atoms with Crippen molar-refractivity contribution < 1.29 is 5.02 Å². The van der Waals surface area contributed by atoms with Crippen LogP contribution >= 0.6 is 0 Å². The number of aromatic amines is 1. The molecule has 2 N–H and O–H groups in total. The van der Waals surface area contributed by atoms with Crippen LogP contribution in [0.2, 0.25) is 0 Å². The van der Waals surface area contributed by atoms with E-state index in [0.717, 1.165) is 27.8 Å². The highest BCUT2D eigenvalue weighted by atomic mass is 16.2. The molecule has 114 valence electrons. The Morgan fingerprint density at radius 2 is 2.18 bits per heavy atom. The SMILES string of the molecule is CCN1N=C(C2CCCCC2)c2c(cnc3[nH]ccc23)B1O. The smallest absolute Gasteiger partial charge is 0.428 e. The van der Waals surface area contributed by atoms with E-state index in [2.05, 4.69) is 9.97 Å². The lowest BCUT2D eigenvalue weighted by Crippen LogP contribution is -2.52. The molecule has 0 spiro atoms. The molecule has 0 bridgehead atoms. The lowest BCUT2D eigenvalue weighted by Gasteiger charge is -2.33. The second kappa shape index (κ2) is 5.43. The zero-order chi connectivity index (χ0) is 15.1. The van der Waals surface area contributed by atoms with Crippen molar-refractivity contribution in [3.8, 4) is 0 Å². The predicted molar refractivity (Wildman–Crippen MR) is 89.2 cm³/mol. The summed E-state index contributed by atoms with van der Waals surface area (Å²) >= 11 is 0. The normalized spacial score (nSPS) is 19.5. The van der Waals surface area contributed by atoms with Crippen LogP contribution in [-0.4, -0.2) is 39.2 Å². The van der Waals surface area contributed by atoms with Crippen LogP contribution in [0.25, 0.3) is 11.0 Å². The zero-order valence-corrected chi connectivity index (χ0v) is 12.9. The van der Waals surface area contributed by atoms with Crippen molar-refractivity contribution in [2.45, 2.75) is 39.0 Å². The average Bonchev–Trinajstić information content (AvgIpc) is 3.05. The molecule has 0 saturated heterocycles. The Morgan fingerprint density at radius 3 is 2.95 bits per heavy atom. The molecule has 22 heavy (non-hydrogen) atoms. The third-order valence-electron chi connectivity index (χ3n) is 4.98. The summed E-state index contributed by atoms with van der Waals surface area (Å²) in [5.74, 6) is 0.495. The summed E-state index contributed by atoms with van der Waals surface area (Å²) in [5, 5.41) is 16.5. The molecular weight excluding hydrogens is 275 g/mol. The predicted octanol–water partition coefficient (Wildman–Crippen LogP) is 1.87. The van der Waals surface area contributed by atoms with Crippen LogP contribution in [0.1, 0.15) is 44.6 Å². The van der Waals surface area contributed by atoms with Gasteiger partial charge in [0.1, 0.15) is 5.65 Å². The molecule has 0 radical (unpaired) electrons. The molecule has 2 aliphatic rings. The highest BCUT2D eigenvalue weighted by Gasteiger charge is 2.36. The monoisotopic (exact) mass is 296 g/mol. The van der Waals surface area contributed by atoms with Crippen LogP contribution in [0.5, 0.6) is 0 Å². The summed E-state index contributed by atoms with van der Waals surface area (Å²) in [7, 11) is -0.695. The van der Waals surface area contributed by atoms with Crippen LogP contribution in [-0.2, 0) is 0 Å². The van der Waals surface area contributed by atoms with E-state index in [1.54, 1.807) is 11.1 Å². The van der Waals surface area contributed by atoms with Gasteiger partial charge < -0.3 is 14.9 Å². The Bertz CT molecular complexity index is 720. The summed E-state index contributed by atoms with van der Waals surface area (Å²) < 4.78 is 0. The van der Waals surface area contributed by atoms with Gasteiger partial charge in [0.2, 0.25) is 0 Å². The van der Waals surface area contributed by atoms with E-state index in [0.29, 0.717) is 12.5 Å². The summed E-state index contributed by atoms with van der Waals surface area (Å²) in [6.45, 7) is 2.72. The Morgan fingerprint density at radius 1 is 1.36 bits per heavy atom. The van der Waals surface area contributed by atoms with Crippen molar-refractivity contribution in [1.82, 2.24) is 14.9 Å². The zero-order valence-electron chi connectivity index (χ0n) is 12.9. The van der Waals surface area contributed by atoms with E-state index < -0.39 is 7.05 Å². The molecule has 2 aromatic rings. The number of fused-ring (bicyclic) bond motifs is 3. The van der Waals surface area contributed by atoms with Crippen molar-refractivity contribution in [1.29, 1.82) is 0 Å². The molecular formula is C16H21BN4O. The number of hydrogen-bond acceptors (Lipinski definition) is 4. The van der Waals surface area contributed by atoms with Crippen molar-refractivity contribution in [2.75, 3.05) is 6.54 Å². The van der Waals surface area contributed by atoms with E-state index in [-0.39, 0.29) is 0 Å². The molecule has 0 unspecified atom stereocenters. The number of aromatic nitrogens is 2. The molecule has 4 rings (SSSR count). The van der Waals surface area contributed by atoms with Gasteiger partial charge in [-0.3, -0.25) is 0 Å². The van der Waals surface area contributed by atoms with Crippen LogP contribution < -0.4 is 5.46 Å². The van der Waals surface area contributed by atoms with Gasteiger partial charge in [-0.05, 0) is 25.8 Å². The number of hydrogen-bond donors (Lipinski definition) is 2. The molecule has 3 heterocycles. The molecule has 0 aromatic carbocycles. The van der Waals surface area contributed by atoms with E-state index in [1.165, 1.54) is 32.1 Å². The van der Waals surface area contributed by atoms with Crippen molar-refractivity contribution in [2.24, 2.45) is 11.0 Å². The van der Waals surface area contributed by atoms with Gasteiger partial charge in [-0.15, -0.1) is 0 Å². The van der Waals surface area contributed by atoms with Gasteiger partial charge in [-0.1, -0.05) is 19.3 Å². The molecule has 5 nitrogen and oxygen atoms in total. The first-order valence-electron chi connectivity index (χ1n) is 8.29. The molecule has 1 fully saturated rings. The van der Waals surface area contributed by atoms with Crippen LogP contribution in [0.3, 0.4) is 0 Å². The van der Waals surface area contributed by atoms with Gasteiger partial charge >= 0.3 is 7.05 Å². The summed E-state index contributed by atoms with van der Waals surface area (Å²) in [6.07, 6.45) is 9.98.